The van der Waals surface area contributed by atoms with E-state index in [9.17, 15) is 33.2 Å². The molecule has 1 fully saturated rings. The fourth-order valence-corrected chi connectivity index (χ4v) is 6.44. The number of aliphatic hydroxyl groups excluding tert-OH is 1. The summed E-state index contributed by atoms with van der Waals surface area (Å²) in [6.45, 7) is -0.503. The number of nitrogens with one attached hydrogen (secondary N) is 1. The smallest absolute Gasteiger partial charge is 0.471 e. The number of fused-ring (bicyclic) bond motifs is 1. The van der Waals surface area contributed by atoms with Gasteiger partial charge in [-0.3, -0.25) is 14.9 Å². The number of alkyl halides is 3. The van der Waals surface area contributed by atoms with E-state index in [1.165, 1.54) is 18.2 Å². The topological polar surface area (TPSA) is 134 Å². The van der Waals surface area contributed by atoms with Gasteiger partial charge in [-0.15, -0.1) is 0 Å². The summed E-state index contributed by atoms with van der Waals surface area (Å²) in [5.41, 5.74) is 1.28. The van der Waals surface area contributed by atoms with Crippen molar-refractivity contribution in [1.29, 1.82) is 0 Å². The fourth-order valence-electron chi connectivity index (χ4n) is 6.44. The molecule has 53 heavy (non-hydrogen) atoms. The SMILES string of the molecule is COc1ccc(COC(c2ccccc2)(c2ccc(OC)cc2)C2OC(n3cc(C#CCNC(=O)C(F)(F)F)c4cc([N+](=O)[O-])ccc43)CC2O)cc1. The summed E-state index contributed by atoms with van der Waals surface area (Å²) >= 11 is 0. The Hall–Kier alpha value is -5.88. The molecule has 1 aromatic heterocycles. The van der Waals surface area contributed by atoms with Crippen molar-refractivity contribution in [2.45, 2.75) is 43.2 Å². The molecule has 0 saturated carbocycles. The van der Waals surface area contributed by atoms with Crippen LogP contribution in [0.2, 0.25) is 0 Å². The Morgan fingerprint density at radius 2 is 1.62 bits per heavy atom. The van der Waals surface area contributed by atoms with E-state index in [-0.39, 0.29) is 24.3 Å². The summed E-state index contributed by atoms with van der Waals surface area (Å²) in [5, 5.41) is 25.6. The molecule has 6 rings (SSSR count). The van der Waals surface area contributed by atoms with Gasteiger partial charge in [0.15, 0.2) is 0 Å². The third kappa shape index (κ3) is 7.68. The second kappa shape index (κ2) is 15.4. The molecule has 0 spiro atoms. The Balaban J connectivity index is 1.42. The molecule has 14 heteroatoms. The van der Waals surface area contributed by atoms with Crippen LogP contribution in [-0.2, 0) is 26.5 Å². The van der Waals surface area contributed by atoms with Crippen molar-refractivity contribution in [2.24, 2.45) is 0 Å². The zero-order valence-corrected chi connectivity index (χ0v) is 28.5. The van der Waals surface area contributed by atoms with Gasteiger partial charge in [-0.1, -0.05) is 66.4 Å². The highest BCUT2D eigenvalue weighted by Crippen LogP contribution is 2.47. The van der Waals surface area contributed by atoms with E-state index < -0.39 is 47.6 Å². The molecule has 5 aromatic rings. The van der Waals surface area contributed by atoms with Gasteiger partial charge in [0.05, 0.1) is 49.5 Å². The average Bonchev–Trinajstić information content (AvgIpc) is 3.74. The highest BCUT2D eigenvalue weighted by atomic mass is 19.4. The van der Waals surface area contributed by atoms with Gasteiger partial charge >= 0.3 is 12.1 Å². The van der Waals surface area contributed by atoms with Gasteiger partial charge in [0, 0.05) is 30.1 Å². The molecule has 4 unspecified atom stereocenters. The van der Waals surface area contributed by atoms with Gasteiger partial charge in [0.25, 0.3) is 5.69 Å². The minimum atomic E-state index is -5.07. The number of nitrogens with zero attached hydrogens (tertiary/aromatic N) is 2. The lowest BCUT2D eigenvalue weighted by Crippen LogP contribution is -2.48. The number of rotatable bonds is 11. The summed E-state index contributed by atoms with van der Waals surface area (Å²) in [7, 11) is 3.13. The first-order valence-corrected chi connectivity index (χ1v) is 16.4. The molecule has 11 nitrogen and oxygen atoms in total. The molecule has 4 aromatic carbocycles. The van der Waals surface area contributed by atoms with Crippen molar-refractivity contribution in [3.63, 3.8) is 0 Å². The normalized spacial score (nSPS) is 18.1. The van der Waals surface area contributed by atoms with E-state index in [1.807, 2.05) is 66.7 Å². The summed E-state index contributed by atoms with van der Waals surface area (Å²) < 4.78 is 64.2. The molecule has 1 saturated heterocycles. The van der Waals surface area contributed by atoms with Crippen LogP contribution in [0.1, 0.15) is 34.9 Å². The Kier molecular flexibility index (Phi) is 10.7. The lowest BCUT2D eigenvalue weighted by molar-refractivity contribution is -0.384. The summed E-state index contributed by atoms with van der Waals surface area (Å²) in [6.07, 6.45) is -6.41. The second-order valence-corrected chi connectivity index (χ2v) is 12.2. The predicted molar refractivity (Wildman–Crippen MR) is 187 cm³/mol. The number of aliphatic hydroxyl groups is 1. The van der Waals surface area contributed by atoms with Crippen molar-refractivity contribution in [3.8, 4) is 23.3 Å². The van der Waals surface area contributed by atoms with Crippen LogP contribution in [0.3, 0.4) is 0 Å². The largest absolute Gasteiger partial charge is 0.497 e. The standard InChI is InChI=1S/C39H34F3N3O8/c1-50-30-15-10-25(11-16-30)24-52-38(27-8-4-3-5-9-27,28-12-17-31(51-2)18-13-28)36-34(46)22-35(53-36)44-23-26(7-6-20-43-37(47)39(40,41)42)32-21-29(45(48)49)14-19-33(32)44/h3-5,8-19,21,23,34-36,46H,20,22,24H2,1-2H3,(H,43,47). The number of methoxy groups -OCH3 is 2. The maximum Gasteiger partial charge on any atom is 0.471 e. The summed E-state index contributed by atoms with van der Waals surface area (Å²) in [5.74, 6) is 4.36. The van der Waals surface area contributed by atoms with Crippen LogP contribution in [0.4, 0.5) is 18.9 Å². The van der Waals surface area contributed by atoms with Crippen molar-refractivity contribution in [1.82, 2.24) is 9.88 Å². The number of ether oxygens (including phenoxy) is 4. The first-order valence-electron chi connectivity index (χ1n) is 16.4. The van der Waals surface area contributed by atoms with Crippen LogP contribution < -0.4 is 14.8 Å². The van der Waals surface area contributed by atoms with Crippen LogP contribution in [-0.4, -0.2) is 59.7 Å². The van der Waals surface area contributed by atoms with E-state index >= 15 is 0 Å². The van der Waals surface area contributed by atoms with Crippen molar-refractivity contribution < 1.29 is 46.9 Å². The van der Waals surface area contributed by atoms with Crippen molar-refractivity contribution in [3.05, 3.63) is 136 Å². The van der Waals surface area contributed by atoms with E-state index in [0.717, 1.165) is 5.56 Å². The number of carbonyl (C=O) groups is 1. The predicted octanol–water partition coefficient (Wildman–Crippen LogP) is 6.41. The molecule has 2 heterocycles. The Morgan fingerprint density at radius 3 is 2.25 bits per heavy atom. The molecule has 274 valence electrons. The number of nitro benzene ring substituents is 1. The molecule has 0 radical (unpaired) electrons. The second-order valence-electron chi connectivity index (χ2n) is 12.2. The van der Waals surface area contributed by atoms with Crippen molar-refractivity contribution in [2.75, 3.05) is 20.8 Å². The van der Waals surface area contributed by atoms with Crippen LogP contribution in [0.25, 0.3) is 10.9 Å². The van der Waals surface area contributed by atoms with Crippen LogP contribution in [0.5, 0.6) is 11.5 Å². The van der Waals surface area contributed by atoms with Crippen LogP contribution >= 0.6 is 0 Å². The summed E-state index contributed by atoms with van der Waals surface area (Å²) in [6, 6.07) is 28.1. The lowest BCUT2D eigenvalue weighted by atomic mass is 9.79. The van der Waals surface area contributed by atoms with Crippen LogP contribution in [0.15, 0.2) is 103 Å². The highest BCUT2D eigenvalue weighted by Gasteiger charge is 2.53. The number of benzene rings is 4. The number of hydrogen-bond acceptors (Lipinski definition) is 8. The molecule has 1 amide bonds. The number of amides is 1. The molecule has 2 N–H and O–H groups in total. The Labute approximate surface area is 302 Å². The Morgan fingerprint density at radius 1 is 0.981 bits per heavy atom. The molecular formula is C39H34F3N3O8. The maximum absolute atomic E-state index is 12.7. The van der Waals surface area contributed by atoms with E-state index in [1.54, 1.807) is 42.4 Å². The molecule has 1 aliphatic heterocycles. The average molecular weight is 730 g/mol. The zero-order valence-electron chi connectivity index (χ0n) is 28.5. The van der Waals surface area contributed by atoms with Crippen LogP contribution in [0, 0.1) is 22.0 Å². The lowest BCUT2D eigenvalue weighted by Gasteiger charge is -2.41. The minimum Gasteiger partial charge on any atom is -0.497 e. The van der Waals surface area contributed by atoms with E-state index in [4.69, 9.17) is 18.9 Å². The van der Waals surface area contributed by atoms with Gasteiger partial charge in [0.1, 0.15) is 29.4 Å². The van der Waals surface area contributed by atoms with Gasteiger partial charge < -0.3 is 33.9 Å². The first-order chi connectivity index (χ1) is 25.4. The van der Waals surface area contributed by atoms with E-state index in [0.29, 0.717) is 33.5 Å². The van der Waals surface area contributed by atoms with E-state index in [2.05, 4.69) is 11.8 Å². The molecule has 1 aliphatic rings. The van der Waals surface area contributed by atoms with Gasteiger partial charge in [-0.2, -0.15) is 13.2 Å². The summed E-state index contributed by atoms with van der Waals surface area (Å²) in [4.78, 5) is 22.4. The molecule has 4 atom stereocenters. The minimum absolute atomic E-state index is 0.0660. The van der Waals surface area contributed by atoms with Gasteiger partial charge in [0.2, 0.25) is 0 Å². The highest BCUT2D eigenvalue weighted by molar-refractivity contribution is 5.89. The zero-order chi connectivity index (χ0) is 37.8. The number of carbonyl (C=O) groups excluding carboxylic acids is 1. The third-order valence-electron chi connectivity index (χ3n) is 9.00. The number of aromatic nitrogens is 1. The molecular weight excluding hydrogens is 695 g/mol. The monoisotopic (exact) mass is 729 g/mol. The third-order valence-corrected chi connectivity index (χ3v) is 9.00. The fraction of sp³-hybridized carbons (Fsp3) is 0.256. The number of non-ortho nitro benzene ring substituents is 1. The maximum atomic E-state index is 12.7. The Bertz CT molecular complexity index is 2150. The number of halogens is 3. The molecule has 0 aliphatic carbocycles. The molecule has 0 bridgehead atoms. The van der Waals surface area contributed by atoms with Crippen molar-refractivity contribution >= 4 is 22.5 Å². The number of hydrogen-bond donors (Lipinski definition) is 2. The quantitative estimate of drug-likeness (QED) is 0.0906. The number of nitro groups is 1. The van der Waals surface area contributed by atoms with Gasteiger partial charge in [-0.25, -0.2) is 0 Å². The first kappa shape index (κ1) is 36.9. The van der Waals surface area contributed by atoms with Gasteiger partial charge in [-0.05, 0) is 47.0 Å².